The lowest BCUT2D eigenvalue weighted by molar-refractivity contribution is 0.0118. The second kappa shape index (κ2) is 9.75. The van der Waals surface area contributed by atoms with Crippen LogP contribution < -0.4 is 10.7 Å². The van der Waals surface area contributed by atoms with Crippen molar-refractivity contribution in [3.8, 4) is 22.9 Å². The van der Waals surface area contributed by atoms with Gasteiger partial charge in [-0.15, -0.1) is 0 Å². The monoisotopic (exact) mass is 549 g/mol. The van der Waals surface area contributed by atoms with Crippen LogP contribution in [0.15, 0.2) is 33.6 Å². The van der Waals surface area contributed by atoms with Crippen molar-refractivity contribution in [2.45, 2.75) is 64.0 Å². The second-order valence-corrected chi connectivity index (χ2v) is 11.9. The van der Waals surface area contributed by atoms with Gasteiger partial charge in [0, 0.05) is 23.7 Å². The third kappa shape index (κ3) is 4.43. The number of aromatic amines is 1. The summed E-state index contributed by atoms with van der Waals surface area (Å²) in [5.74, 6) is 2.02. The Hall–Kier alpha value is -3.24. The van der Waals surface area contributed by atoms with Gasteiger partial charge < -0.3 is 14.2 Å². The van der Waals surface area contributed by atoms with Crippen LogP contribution in [0, 0.1) is 11.8 Å². The van der Waals surface area contributed by atoms with E-state index in [0.717, 1.165) is 55.5 Å². The summed E-state index contributed by atoms with van der Waals surface area (Å²) < 4.78 is 13.1. The molecule has 1 saturated heterocycles. The number of morpholine rings is 1. The number of nitrogens with zero attached hydrogens (tertiary/aromatic N) is 6. The predicted octanol–water partition coefficient (Wildman–Crippen LogP) is 5.08. The van der Waals surface area contributed by atoms with Gasteiger partial charge in [-0.1, -0.05) is 48.7 Å². The molecule has 2 aliphatic carbocycles. The summed E-state index contributed by atoms with van der Waals surface area (Å²) >= 11 is 6.44. The van der Waals surface area contributed by atoms with Gasteiger partial charge >= 0.3 is 5.76 Å². The number of ether oxygens (including phenoxy) is 1. The van der Waals surface area contributed by atoms with Crippen LogP contribution in [-0.4, -0.2) is 55.0 Å². The van der Waals surface area contributed by atoms with Gasteiger partial charge in [0.1, 0.15) is 11.2 Å². The molecule has 3 aliphatic rings. The van der Waals surface area contributed by atoms with Crippen LogP contribution in [0.2, 0.25) is 5.02 Å². The van der Waals surface area contributed by atoms with E-state index in [-0.39, 0.29) is 17.2 Å². The van der Waals surface area contributed by atoms with Gasteiger partial charge in [-0.3, -0.25) is 9.51 Å². The fourth-order valence-electron chi connectivity index (χ4n) is 6.49. The molecular weight excluding hydrogens is 518 g/mol. The SMILES string of the molecule is CC1CCC(Cn2c(N3CCOCC34CCC4)nc3nc(-c4noc(=O)[nH]4)nc(-c4cccc(Cl)c4)c32)CC1. The molecule has 4 aromatic rings. The summed E-state index contributed by atoms with van der Waals surface area (Å²) in [4.78, 5) is 31.7. The number of benzene rings is 1. The zero-order valence-corrected chi connectivity index (χ0v) is 22.8. The van der Waals surface area contributed by atoms with E-state index in [2.05, 4.69) is 26.5 Å². The minimum absolute atomic E-state index is 0.0255. The third-order valence-corrected chi connectivity index (χ3v) is 9.07. The van der Waals surface area contributed by atoms with E-state index in [4.69, 9.17) is 35.8 Å². The lowest BCUT2D eigenvalue weighted by Gasteiger charge is -2.53. The Morgan fingerprint density at radius 3 is 2.72 bits per heavy atom. The quantitative estimate of drug-likeness (QED) is 0.366. The van der Waals surface area contributed by atoms with E-state index in [1.54, 1.807) is 0 Å². The van der Waals surface area contributed by atoms with E-state index in [0.29, 0.717) is 28.9 Å². The van der Waals surface area contributed by atoms with Crippen molar-refractivity contribution in [1.29, 1.82) is 0 Å². The maximum absolute atomic E-state index is 11.8. The molecule has 0 amide bonds. The van der Waals surface area contributed by atoms with Crippen LogP contribution in [0.4, 0.5) is 5.95 Å². The number of fused-ring (bicyclic) bond motifs is 1. The third-order valence-electron chi connectivity index (χ3n) is 8.84. The van der Waals surface area contributed by atoms with Crippen LogP contribution in [0.25, 0.3) is 34.1 Å². The van der Waals surface area contributed by atoms with Gasteiger partial charge in [-0.2, -0.15) is 4.98 Å². The molecule has 7 rings (SSSR count). The number of hydrogen-bond acceptors (Lipinski definition) is 8. The van der Waals surface area contributed by atoms with Crippen LogP contribution in [0.3, 0.4) is 0 Å². The summed E-state index contributed by atoms with van der Waals surface area (Å²) in [6, 6.07) is 7.66. The fourth-order valence-corrected chi connectivity index (χ4v) is 6.68. The molecule has 11 heteroatoms. The fraction of sp³-hybridized carbons (Fsp3) is 0.536. The Morgan fingerprint density at radius 1 is 1.15 bits per heavy atom. The highest BCUT2D eigenvalue weighted by atomic mass is 35.5. The van der Waals surface area contributed by atoms with E-state index < -0.39 is 5.76 Å². The Kier molecular flexibility index (Phi) is 6.19. The van der Waals surface area contributed by atoms with Gasteiger partial charge in [0.05, 0.1) is 18.8 Å². The molecule has 2 saturated carbocycles. The second-order valence-electron chi connectivity index (χ2n) is 11.5. The average Bonchev–Trinajstić information content (AvgIpc) is 3.52. The molecule has 1 aromatic carbocycles. The first-order valence-corrected chi connectivity index (χ1v) is 14.3. The number of aromatic nitrogens is 6. The van der Waals surface area contributed by atoms with Crippen LogP contribution >= 0.6 is 11.6 Å². The maximum Gasteiger partial charge on any atom is 0.439 e. The molecule has 1 aliphatic heterocycles. The van der Waals surface area contributed by atoms with Crippen molar-refractivity contribution >= 4 is 28.7 Å². The van der Waals surface area contributed by atoms with Crippen molar-refractivity contribution in [2.75, 3.05) is 24.7 Å². The molecule has 39 heavy (non-hydrogen) atoms. The largest absolute Gasteiger partial charge is 0.439 e. The van der Waals surface area contributed by atoms with Crippen molar-refractivity contribution < 1.29 is 9.26 Å². The van der Waals surface area contributed by atoms with Gasteiger partial charge in [-0.25, -0.2) is 14.8 Å². The molecule has 3 aromatic heterocycles. The number of anilines is 1. The standard InChI is InChI=1S/C28H32ClN7O3/c1-17-6-8-18(9-7-17)15-35-22-21(19-4-2-5-20(29)14-19)30-24(25-33-27(37)39-34-25)31-23(22)32-26(35)36-12-13-38-16-28(36)10-3-11-28/h2,4-5,14,17-18H,3,6-13,15-16H2,1H3,(H,33,34,37). The molecule has 3 fully saturated rings. The number of halogens is 1. The highest BCUT2D eigenvalue weighted by Gasteiger charge is 2.47. The summed E-state index contributed by atoms with van der Waals surface area (Å²) in [6.45, 7) is 5.38. The van der Waals surface area contributed by atoms with Crippen LogP contribution in [-0.2, 0) is 11.3 Å². The number of H-pyrrole nitrogens is 1. The zero-order chi connectivity index (χ0) is 26.6. The molecule has 0 unspecified atom stereocenters. The summed E-state index contributed by atoms with van der Waals surface area (Å²) in [5.41, 5.74) is 2.98. The van der Waals surface area contributed by atoms with Crippen molar-refractivity contribution in [1.82, 2.24) is 29.7 Å². The van der Waals surface area contributed by atoms with Gasteiger partial charge in [0.25, 0.3) is 0 Å². The molecule has 10 nitrogen and oxygen atoms in total. The minimum Gasteiger partial charge on any atom is -0.377 e. The predicted molar refractivity (Wildman–Crippen MR) is 148 cm³/mol. The van der Waals surface area contributed by atoms with Crippen molar-refractivity contribution in [3.63, 3.8) is 0 Å². The van der Waals surface area contributed by atoms with E-state index >= 15 is 0 Å². The first kappa shape index (κ1) is 24.8. The molecule has 1 spiro atoms. The first-order chi connectivity index (χ1) is 19.0. The highest BCUT2D eigenvalue weighted by Crippen LogP contribution is 2.44. The lowest BCUT2D eigenvalue weighted by atomic mass is 9.75. The maximum atomic E-state index is 11.8. The molecule has 204 valence electrons. The minimum atomic E-state index is -0.656. The molecule has 1 N–H and O–H groups in total. The van der Waals surface area contributed by atoms with Crippen LogP contribution in [0.1, 0.15) is 51.9 Å². The highest BCUT2D eigenvalue weighted by molar-refractivity contribution is 6.30. The summed E-state index contributed by atoms with van der Waals surface area (Å²) in [7, 11) is 0. The number of hydrogen-bond donors (Lipinski definition) is 1. The Bertz CT molecular complexity index is 1560. The molecule has 0 bridgehead atoms. The number of imidazole rings is 1. The summed E-state index contributed by atoms with van der Waals surface area (Å²) in [5, 5.41) is 4.47. The Balaban J connectivity index is 1.45. The number of nitrogens with one attached hydrogen (secondary N) is 1. The Morgan fingerprint density at radius 2 is 2.00 bits per heavy atom. The van der Waals surface area contributed by atoms with Crippen LogP contribution in [0.5, 0.6) is 0 Å². The molecule has 0 atom stereocenters. The van der Waals surface area contributed by atoms with E-state index in [9.17, 15) is 4.79 Å². The van der Waals surface area contributed by atoms with E-state index in [1.807, 2.05) is 24.3 Å². The average molecular weight is 550 g/mol. The Labute approximate surface area is 230 Å². The lowest BCUT2D eigenvalue weighted by Crippen LogP contribution is -2.62. The van der Waals surface area contributed by atoms with Gasteiger partial charge in [-0.05, 0) is 56.1 Å². The molecule has 4 heterocycles. The zero-order valence-electron chi connectivity index (χ0n) is 22.0. The molecule has 0 radical (unpaired) electrons. The van der Waals surface area contributed by atoms with Crippen molar-refractivity contribution in [3.05, 3.63) is 39.8 Å². The smallest absolute Gasteiger partial charge is 0.377 e. The number of rotatable bonds is 5. The first-order valence-electron chi connectivity index (χ1n) is 13.9. The summed E-state index contributed by atoms with van der Waals surface area (Å²) in [6.07, 6.45) is 8.26. The van der Waals surface area contributed by atoms with Crippen molar-refractivity contribution in [2.24, 2.45) is 11.8 Å². The van der Waals surface area contributed by atoms with Gasteiger partial charge in [0.2, 0.25) is 17.6 Å². The molecular formula is C28H32ClN7O3. The normalized spacial score (nSPS) is 22.9. The van der Waals surface area contributed by atoms with E-state index in [1.165, 1.54) is 32.1 Å². The van der Waals surface area contributed by atoms with Gasteiger partial charge in [0.15, 0.2) is 5.65 Å². The topological polar surface area (TPSA) is 115 Å².